The summed E-state index contributed by atoms with van der Waals surface area (Å²) in [6, 6.07) is 24.9. The molecule has 3 rings (SSSR count). The minimum Gasteiger partial charge on any atom is -0.497 e. The molecule has 3 aromatic carbocycles. The highest BCUT2D eigenvalue weighted by Gasteiger charge is 2.15. The number of hydrogen-bond donors (Lipinski definition) is 1. The lowest BCUT2D eigenvalue weighted by molar-refractivity contribution is 0.101. The van der Waals surface area contributed by atoms with Crippen molar-refractivity contribution in [3.63, 3.8) is 0 Å². The Balaban J connectivity index is 1.93. The second-order valence-electron chi connectivity index (χ2n) is 5.84. The molecule has 0 aliphatic carbocycles. The second-order valence-corrected chi connectivity index (χ2v) is 5.84. The summed E-state index contributed by atoms with van der Waals surface area (Å²) in [5.74, 6) is 0.215. The average molecular weight is 357 g/mol. The molecule has 0 heterocycles. The predicted molar refractivity (Wildman–Crippen MR) is 106 cm³/mol. The van der Waals surface area contributed by atoms with Crippen LogP contribution in [0.3, 0.4) is 0 Å². The third-order valence-corrected chi connectivity index (χ3v) is 3.98. The van der Waals surface area contributed by atoms with E-state index in [2.05, 4.69) is 5.32 Å². The highest BCUT2D eigenvalue weighted by atomic mass is 16.5. The van der Waals surface area contributed by atoms with Crippen LogP contribution in [0.25, 0.3) is 0 Å². The van der Waals surface area contributed by atoms with Crippen LogP contribution >= 0.6 is 0 Å². The minimum atomic E-state index is -0.254. The number of hydrogen-bond acceptors (Lipinski definition) is 4. The van der Waals surface area contributed by atoms with Crippen LogP contribution in [0, 0.1) is 0 Å². The molecule has 134 valence electrons. The normalized spacial score (nSPS) is 10.9. The van der Waals surface area contributed by atoms with Crippen LogP contribution in [0.1, 0.15) is 20.7 Å². The van der Waals surface area contributed by atoms with Crippen LogP contribution in [0.5, 0.6) is 5.75 Å². The van der Waals surface area contributed by atoms with Gasteiger partial charge in [-0.15, -0.1) is 0 Å². The van der Waals surface area contributed by atoms with E-state index in [4.69, 9.17) is 4.74 Å². The van der Waals surface area contributed by atoms with Crippen molar-refractivity contribution in [1.82, 2.24) is 0 Å². The van der Waals surface area contributed by atoms with Gasteiger partial charge in [-0.25, -0.2) is 0 Å². The Hall–Kier alpha value is -3.66. The van der Waals surface area contributed by atoms with Crippen molar-refractivity contribution >= 4 is 17.3 Å². The first-order valence-electron chi connectivity index (χ1n) is 8.49. The monoisotopic (exact) mass is 357 g/mol. The second kappa shape index (κ2) is 8.63. The van der Waals surface area contributed by atoms with Crippen molar-refractivity contribution in [2.45, 2.75) is 0 Å². The molecular weight excluding hydrogens is 338 g/mol. The summed E-state index contributed by atoms with van der Waals surface area (Å²) >= 11 is 0. The Bertz CT molecular complexity index is 946. The van der Waals surface area contributed by atoms with E-state index in [9.17, 15) is 9.59 Å². The molecule has 0 saturated carbocycles. The van der Waals surface area contributed by atoms with E-state index in [1.54, 1.807) is 79.9 Å². The summed E-state index contributed by atoms with van der Waals surface area (Å²) in [5, 5.41) is 3.06. The first-order chi connectivity index (χ1) is 13.2. The van der Waals surface area contributed by atoms with E-state index in [-0.39, 0.29) is 17.3 Å². The van der Waals surface area contributed by atoms with Crippen LogP contribution < -0.4 is 10.1 Å². The van der Waals surface area contributed by atoms with Crippen molar-refractivity contribution in [2.24, 2.45) is 0 Å². The third kappa shape index (κ3) is 4.70. The maximum atomic E-state index is 12.9. The van der Waals surface area contributed by atoms with E-state index in [0.29, 0.717) is 22.6 Å². The highest BCUT2D eigenvalue weighted by molar-refractivity contribution is 6.16. The fraction of sp³-hybridized carbons (Fsp3) is 0.0435. The molecule has 0 aliphatic rings. The summed E-state index contributed by atoms with van der Waals surface area (Å²) in [5.41, 5.74) is 1.92. The Labute approximate surface area is 158 Å². The van der Waals surface area contributed by atoms with Gasteiger partial charge >= 0.3 is 0 Å². The molecule has 0 unspecified atom stereocenters. The van der Waals surface area contributed by atoms with Gasteiger partial charge in [0.25, 0.3) is 0 Å². The minimum absolute atomic E-state index is 0.209. The number of nitrogens with one attached hydrogen (secondary N) is 1. The first kappa shape index (κ1) is 18.1. The fourth-order valence-corrected chi connectivity index (χ4v) is 2.55. The standard InChI is InChI=1S/C23H19NO3/c1-27-20-14-12-19(13-15-20)24-21(23(26)18-10-6-3-7-11-18)16-22(25)17-8-4-2-5-9-17/h2-16,24H,1H3/b21-16+. The molecule has 0 atom stereocenters. The summed E-state index contributed by atoms with van der Waals surface area (Å²) in [7, 11) is 1.59. The molecule has 0 spiro atoms. The average Bonchev–Trinajstić information content (AvgIpc) is 2.74. The number of carbonyl (C=O) groups is 2. The molecule has 0 fully saturated rings. The first-order valence-corrected chi connectivity index (χ1v) is 8.49. The van der Waals surface area contributed by atoms with E-state index in [1.165, 1.54) is 6.08 Å². The summed E-state index contributed by atoms with van der Waals surface area (Å²) in [6.07, 6.45) is 1.34. The van der Waals surface area contributed by atoms with E-state index >= 15 is 0 Å². The summed E-state index contributed by atoms with van der Waals surface area (Å²) < 4.78 is 5.15. The van der Waals surface area contributed by atoms with Crippen molar-refractivity contribution in [2.75, 3.05) is 12.4 Å². The lowest BCUT2D eigenvalue weighted by Crippen LogP contribution is -2.14. The number of allylic oxidation sites excluding steroid dienone is 2. The van der Waals surface area contributed by atoms with Gasteiger partial charge < -0.3 is 10.1 Å². The number of benzene rings is 3. The predicted octanol–water partition coefficient (Wildman–Crippen LogP) is 4.76. The van der Waals surface area contributed by atoms with Gasteiger partial charge in [0.2, 0.25) is 5.78 Å². The Morgan fingerprint density at radius 3 is 1.89 bits per heavy atom. The number of Topliss-reactive ketones (excluding diaryl/α,β-unsaturated/α-hetero) is 1. The number of ether oxygens (including phenoxy) is 1. The smallest absolute Gasteiger partial charge is 0.209 e. The zero-order valence-corrected chi connectivity index (χ0v) is 14.9. The van der Waals surface area contributed by atoms with Gasteiger partial charge in [-0.1, -0.05) is 60.7 Å². The molecule has 4 heteroatoms. The zero-order chi connectivity index (χ0) is 19.1. The molecular formula is C23H19NO3. The molecule has 0 saturated heterocycles. The Morgan fingerprint density at radius 2 is 1.33 bits per heavy atom. The van der Waals surface area contributed by atoms with Crippen molar-refractivity contribution < 1.29 is 14.3 Å². The number of anilines is 1. The van der Waals surface area contributed by atoms with Gasteiger partial charge in [0, 0.05) is 22.9 Å². The number of ketones is 2. The highest BCUT2D eigenvalue weighted by Crippen LogP contribution is 2.19. The maximum absolute atomic E-state index is 12.9. The molecule has 3 aromatic rings. The topological polar surface area (TPSA) is 55.4 Å². The van der Waals surface area contributed by atoms with Gasteiger partial charge in [-0.3, -0.25) is 9.59 Å². The van der Waals surface area contributed by atoms with Gasteiger partial charge in [0.1, 0.15) is 5.75 Å². The maximum Gasteiger partial charge on any atom is 0.209 e. The van der Waals surface area contributed by atoms with Crippen molar-refractivity contribution in [3.05, 3.63) is 108 Å². The lowest BCUT2D eigenvalue weighted by atomic mass is 10.0. The number of methoxy groups -OCH3 is 1. The Morgan fingerprint density at radius 1 is 0.778 bits per heavy atom. The summed E-state index contributed by atoms with van der Waals surface area (Å²) in [4.78, 5) is 25.5. The van der Waals surface area contributed by atoms with Crippen LogP contribution in [0.4, 0.5) is 5.69 Å². The molecule has 1 N–H and O–H groups in total. The van der Waals surface area contributed by atoms with Crippen molar-refractivity contribution in [1.29, 1.82) is 0 Å². The fourth-order valence-electron chi connectivity index (χ4n) is 2.55. The van der Waals surface area contributed by atoms with Crippen LogP contribution in [0.2, 0.25) is 0 Å². The molecule has 27 heavy (non-hydrogen) atoms. The molecule has 4 nitrogen and oxygen atoms in total. The number of rotatable bonds is 7. The molecule has 0 aliphatic heterocycles. The molecule has 0 aromatic heterocycles. The third-order valence-electron chi connectivity index (χ3n) is 3.98. The van der Waals surface area contributed by atoms with Crippen LogP contribution in [-0.4, -0.2) is 18.7 Å². The van der Waals surface area contributed by atoms with Gasteiger partial charge in [0.15, 0.2) is 5.78 Å². The van der Waals surface area contributed by atoms with Gasteiger partial charge in [0.05, 0.1) is 12.8 Å². The zero-order valence-electron chi connectivity index (χ0n) is 14.9. The van der Waals surface area contributed by atoms with Gasteiger partial charge in [-0.05, 0) is 24.3 Å². The van der Waals surface area contributed by atoms with Gasteiger partial charge in [-0.2, -0.15) is 0 Å². The quantitative estimate of drug-likeness (QED) is 0.489. The van der Waals surface area contributed by atoms with E-state index in [0.717, 1.165) is 0 Å². The molecule has 0 amide bonds. The number of carbonyl (C=O) groups excluding carboxylic acids is 2. The molecule has 0 bridgehead atoms. The van der Waals surface area contributed by atoms with Crippen LogP contribution in [-0.2, 0) is 0 Å². The van der Waals surface area contributed by atoms with E-state index in [1.807, 2.05) is 12.1 Å². The van der Waals surface area contributed by atoms with Crippen molar-refractivity contribution in [3.8, 4) is 5.75 Å². The van der Waals surface area contributed by atoms with Crippen LogP contribution in [0.15, 0.2) is 96.7 Å². The van der Waals surface area contributed by atoms with E-state index < -0.39 is 0 Å². The lowest BCUT2D eigenvalue weighted by Gasteiger charge is -2.11. The largest absolute Gasteiger partial charge is 0.497 e. The SMILES string of the molecule is COc1ccc(N/C(=C/C(=O)c2ccccc2)C(=O)c2ccccc2)cc1. The summed E-state index contributed by atoms with van der Waals surface area (Å²) in [6.45, 7) is 0. The molecule has 0 radical (unpaired) electrons. The Kier molecular flexibility index (Phi) is 5.80.